The summed E-state index contributed by atoms with van der Waals surface area (Å²) < 4.78 is 59.0. The standard InChI is InChI=1S/C11H20F2O5S/c1-8(2)5-6-10(3,4)9(14)18-7-11(12,13)19(15,16)17/h8H,5-7H2,1-4H3,(H,15,16,17). The summed E-state index contributed by atoms with van der Waals surface area (Å²) in [7, 11) is -5.58. The highest BCUT2D eigenvalue weighted by Gasteiger charge is 2.46. The van der Waals surface area contributed by atoms with Crippen molar-refractivity contribution >= 4 is 16.1 Å². The predicted octanol–water partition coefficient (Wildman–Crippen LogP) is 2.47. The largest absolute Gasteiger partial charge is 0.458 e. The molecule has 114 valence electrons. The molecule has 19 heavy (non-hydrogen) atoms. The summed E-state index contributed by atoms with van der Waals surface area (Å²) in [6.45, 7) is 5.28. The lowest BCUT2D eigenvalue weighted by Gasteiger charge is -2.24. The molecule has 0 aromatic carbocycles. The molecule has 0 fully saturated rings. The van der Waals surface area contributed by atoms with Crippen LogP contribution in [-0.2, 0) is 19.6 Å². The topological polar surface area (TPSA) is 80.7 Å². The van der Waals surface area contributed by atoms with E-state index < -0.39 is 33.4 Å². The summed E-state index contributed by atoms with van der Waals surface area (Å²) in [4.78, 5) is 11.6. The molecule has 0 aromatic rings. The van der Waals surface area contributed by atoms with E-state index in [1.807, 2.05) is 13.8 Å². The second kappa shape index (κ2) is 6.13. The van der Waals surface area contributed by atoms with E-state index in [9.17, 15) is 22.0 Å². The first kappa shape index (κ1) is 18.2. The second-order valence-electron chi connectivity index (χ2n) is 5.50. The Labute approximate surface area is 112 Å². The molecular formula is C11H20F2O5S. The summed E-state index contributed by atoms with van der Waals surface area (Å²) in [5, 5.41) is -4.49. The SMILES string of the molecule is CC(C)CCC(C)(C)C(=O)OCC(F)(F)S(=O)(=O)O. The van der Waals surface area contributed by atoms with Gasteiger partial charge in [-0.1, -0.05) is 13.8 Å². The van der Waals surface area contributed by atoms with E-state index in [4.69, 9.17) is 4.55 Å². The quantitative estimate of drug-likeness (QED) is 0.577. The zero-order valence-electron chi connectivity index (χ0n) is 11.4. The van der Waals surface area contributed by atoms with Crippen LogP contribution < -0.4 is 0 Å². The van der Waals surface area contributed by atoms with E-state index in [0.717, 1.165) is 0 Å². The minimum Gasteiger partial charge on any atom is -0.458 e. The van der Waals surface area contributed by atoms with Gasteiger partial charge in [0.25, 0.3) is 0 Å². The molecule has 0 radical (unpaired) electrons. The van der Waals surface area contributed by atoms with Crippen molar-refractivity contribution in [3.63, 3.8) is 0 Å². The van der Waals surface area contributed by atoms with Crippen molar-refractivity contribution in [2.24, 2.45) is 11.3 Å². The van der Waals surface area contributed by atoms with Crippen LogP contribution in [0.1, 0.15) is 40.5 Å². The molecule has 0 amide bonds. The van der Waals surface area contributed by atoms with Crippen LogP contribution in [0.4, 0.5) is 8.78 Å². The molecule has 8 heteroatoms. The lowest BCUT2D eigenvalue weighted by Crippen LogP contribution is -2.37. The molecule has 1 N–H and O–H groups in total. The Morgan fingerprint density at radius 1 is 1.32 bits per heavy atom. The highest BCUT2D eigenvalue weighted by molar-refractivity contribution is 7.86. The third-order valence-electron chi connectivity index (χ3n) is 2.65. The van der Waals surface area contributed by atoms with E-state index in [-0.39, 0.29) is 0 Å². The van der Waals surface area contributed by atoms with Crippen LogP contribution in [0.25, 0.3) is 0 Å². The molecule has 0 saturated heterocycles. The maximum absolute atomic E-state index is 12.9. The fourth-order valence-electron chi connectivity index (χ4n) is 1.17. The number of carbonyl (C=O) groups excluding carboxylic acids is 1. The maximum Gasteiger partial charge on any atom is 0.402 e. The molecule has 0 saturated carbocycles. The maximum atomic E-state index is 12.9. The number of hydrogen-bond acceptors (Lipinski definition) is 4. The Bertz CT molecular complexity index is 415. The van der Waals surface area contributed by atoms with E-state index in [2.05, 4.69) is 4.74 Å². The molecule has 0 atom stereocenters. The van der Waals surface area contributed by atoms with Crippen LogP contribution in [0.2, 0.25) is 0 Å². The van der Waals surface area contributed by atoms with Gasteiger partial charge in [0.15, 0.2) is 6.61 Å². The van der Waals surface area contributed by atoms with Crippen LogP contribution >= 0.6 is 0 Å². The molecule has 0 heterocycles. The zero-order valence-corrected chi connectivity index (χ0v) is 12.3. The fraction of sp³-hybridized carbons (Fsp3) is 0.909. The first-order valence-corrected chi connectivity index (χ1v) is 7.26. The molecule has 0 aliphatic rings. The summed E-state index contributed by atoms with van der Waals surface area (Å²) in [5.41, 5.74) is -0.987. The van der Waals surface area contributed by atoms with Crippen molar-refractivity contribution < 1.29 is 31.3 Å². The van der Waals surface area contributed by atoms with Gasteiger partial charge in [-0.05, 0) is 32.6 Å². The average molecular weight is 302 g/mol. The van der Waals surface area contributed by atoms with E-state index in [1.54, 1.807) is 0 Å². The average Bonchev–Trinajstić information content (AvgIpc) is 2.21. The molecule has 0 aliphatic heterocycles. The number of rotatable bonds is 7. The summed E-state index contributed by atoms with van der Waals surface area (Å²) in [5.74, 6) is -0.581. The van der Waals surface area contributed by atoms with E-state index in [0.29, 0.717) is 18.8 Å². The Morgan fingerprint density at radius 2 is 1.79 bits per heavy atom. The van der Waals surface area contributed by atoms with Gasteiger partial charge in [-0.25, -0.2) is 0 Å². The highest BCUT2D eigenvalue weighted by Crippen LogP contribution is 2.28. The van der Waals surface area contributed by atoms with E-state index >= 15 is 0 Å². The summed E-state index contributed by atoms with van der Waals surface area (Å²) in [6.07, 6.45) is 1.14. The first-order valence-electron chi connectivity index (χ1n) is 5.81. The molecule has 0 unspecified atom stereocenters. The predicted molar refractivity (Wildman–Crippen MR) is 65.3 cm³/mol. The fourth-order valence-corrected chi connectivity index (χ4v) is 1.38. The summed E-state index contributed by atoms with van der Waals surface area (Å²) >= 11 is 0. The number of alkyl halides is 2. The van der Waals surface area contributed by atoms with Crippen molar-refractivity contribution in [3.8, 4) is 0 Å². The molecule has 0 rings (SSSR count). The van der Waals surface area contributed by atoms with Gasteiger partial charge >= 0.3 is 21.3 Å². The van der Waals surface area contributed by atoms with E-state index in [1.165, 1.54) is 13.8 Å². The van der Waals surface area contributed by atoms with Gasteiger partial charge in [-0.15, -0.1) is 0 Å². The molecule has 0 aromatic heterocycles. The van der Waals surface area contributed by atoms with Gasteiger partial charge in [0, 0.05) is 0 Å². The molecule has 0 spiro atoms. The van der Waals surface area contributed by atoms with Crippen molar-refractivity contribution in [2.45, 2.75) is 45.8 Å². The molecule has 0 bridgehead atoms. The Hall–Kier alpha value is -0.760. The van der Waals surface area contributed by atoms with Gasteiger partial charge in [-0.3, -0.25) is 9.35 Å². The normalized spacial score (nSPS) is 13.7. The van der Waals surface area contributed by atoms with Gasteiger partial charge in [0.2, 0.25) is 0 Å². The minimum absolute atomic E-state index is 0.339. The first-order chi connectivity index (χ1) is 8.29. The second-order valence-corrected chi connectivity index (χ2v) is 7.05. The van der Waals surface area contributed by atoms with Gasteiger partial charge in [0.05, 0.1) is 5.41 Å². The third kappa shape index (κ3) is 5.82. The number of esters is 1. The third-order valence-corrected chi connectivity index (χ3v) is 3.52. The van der Waals surface area contributed by atoms with Crippen LogP contribution in [0.3, 0.4) is 0 Å². The van der Waals surface area contributed by atoms with Crippen LogP contribution in [0, 0.1) is 11.3 Å². The van der Waals surface area contributed by atoms with Crippen molar-refractivity contribution in [1.29, 1.82) is 0 Å². The van der Waals surface area contributed by atoms with Gasteiger partial charge in [-0.2, -0.15) is 17.2 Å². The van der Waals surface area contributed by atoms with Crippen LogP contribution in [0.5, 0.6) is 0 Å². The number of ether oxygens (including phenoxy) is 1. The number of hydrogen-bond donors (Lipinski definition) is 1. The monoisotopic (exact) mass is 302 g/mol. The molecule has 5 nitrogen and oxygen atoms in total. The Balaban J connectivity index is 4.54. The Kier molecular flexibility index (Phi) is 5.88. The van der Waals surface area contributed by atoms with Crippen LogP contribution in [-0.4, -0.2) is 30.8 Å². The van der Waals surface area contributed by atoms with Gasteiger partial charge < -0.3 is 4.74 Å². The minimum atomic E-state index is -5.58. The van der Waals surface area contributed by atoms with Gasteiger partial charge in [0.1, 0.15) is 0 Å². The molecular weight excluding hydrogens is 282 g/mol. The molecule has 0 aliphatic carbocycles. The smallest absolute Gasteiger partial charge is 0.402 e. The van der Waals surface area contributed by atoms with Crippen LogP contribution in [0.15, 0.2) is 0 Å². The van der Waals surface area contributed by atoms with Crippen molar-refractivity contribution in [1.82, 2.24) is 0 Å². The zero-order chi connectivity index (χ0) is 15.5. The Morgan fingerprint density at radius 3 is 2.16 bits per heavy atom. The van der Waals surface area contributed by atoms with Crippen molar-refractivity contribution in [3.05, 3.63) is 0 Å². The summed E-state index contributed by atoms with van der Waals surface area (Å²) in [6, 6.07) is 0. The highest BCUT2D eigenvalue weighted by atomic mass is 32.2. The number of carbonyl (C=O) groups is 1. The number of halogens is 2. The lowest BCUT2D eigenvalue weighted by atomic mass is 9.85. The van der Waals surface area contributed by atoms with Crippen molar-refractivity contribution in [2.75, 3.05) is 6.61 Å². The lowest BCUT2D eigenvalue weighted by molar-refractivity contribution is -0.160.